The topological polar surface area (TPSA) is 46.5 Å². The maximum Gasteiger partial charge on any atom is 0.316 e. The first-order chi connectivity index (χ1) is 7.41. The molecule has 0 radical (unpaired) electrons. The number of ether oxygens (including phenoxy) is 1. The largest absolute Gasteiger partial charge is 0.481 e. The zero-order valence-electron chi connectivity index (χ0n) is 8.96. The van der Waals surface area contributed by atoms with E-state index >= 15 is 0 Å². The number of carboxylic acids is 1. The fourth-order valence-corrected chi connectivity index (χ4v) is 1.69. The number of methoxy groups -OCH3 is 1. The van der Waals surface area contributed by atoms with Crippen LogP contribution in [0.3, 0.4) is 0 Å². The molecule has 0 aliphatic rings. The van der Waals surface area contributed by atoms with E-state index in [1.54, 1.807) is 25.1 Å². The molecule has 1 unspecified atom stereocenters. The number of rotatable bonds is 4. The van der Waals surface area contributed by atoms with Gasteiger partial charge in [0.2, 0.25) is 0 Å². The number of carboxylic acid groups (broad SMARTS) is 1. The minimum absolute atomic E-state index is 0.0697. The molecule has 0 saturated carbocycles. The summed E-state index contributed by atoms with van der Waals surface area (Å²) in [4.78, 5) is 11.3. The summed E-state index contributed by atoms with van der Waals surface area (Å²) >= 11 is 11.6. The Kier molecular flexibility index (Phi) is 4.19. The van der Waals surface area contributed by atoms with Crippen LogP contribution in [0, 0.1) is 0 Å². The van der Waals surface area contributed by atoms with Crippen molar-refractivity contribution in [3.8, 4) is 0 Å². The van der Waals surface area contributed by atoms with Gasteiger partial charge in [-0.25, -0.2) is 0 Å². The molecule has 0 bridgehead atoms. The molecule has 5 heteroatoms. The summed E-state index contributed by atoms with van der Waals surface area (Å²) in [6.45, 7) is 1.65. The van der Waals surface area contributed by atoms with Gasteiger partial charge < -0.3 is 9.84 Å². The Balaban J connectivity index is 3.21. The lowest BCUT2D eigenvalue weighted by Gasteiger charge is -2.24. The molecule has 0 spiro atoms. The lowest BCUT2D eigenvalue weighted by Crippen LogP contribution is -2.37. The predicted octanol–water partition coefficient (Wildman–Crippen LogP) is 2.98. The van der Waals surface area contributed by atoms with E-state index in [1.165, 1.54) is 7.11 Å². The van der Waals surface area contributed by atoms with Crippen molar-refractivity contribution in [3.05, 3.63) is 33.8 Å². The van der Waals surface area contributed by atoms with Crippen molar-refractivity contribution in [2.24, 2.45) is 0 Å². The van der Waals surface area contributed by atoms with E-state index in [9.17, 15) is 9.90 Å². The Morgan fingerprint density at radius 3 is 2.50 bits per heavy atom. The standard InChI is InChI=1S/C11H12Cl2O3/c1-11(6-16-2,10(14)15)7-3-4-8(12)9(13)5-7/h3-5H,6H2,1-2H3,(H,14,15). The van der Waals surface area contributed by atoms with E-state index in [4.69, 9.17) is 27.9 Å². The maximum absolute atomic E-state index is 11.3. The van der Waals surface area contributed by atoms with Crippen molar-refractivity contribution in [3.63, 3.8) is 0 Å². The monoisotopic (exact) mass is 262 g/mol. The third-order valence-electron chi connectivity index (χ3n) is 2.46. The van der Waals surface area contributed by atoms with E-state index in [0.29, 0.717) is 15.6 Å². The minimum atomic E-state index is -1.12. The Morgan fingerprint density at radius 2 is 2.06 bits per heavy atom. The van der Waals surface area contributed by atoms with Crippen molar-refractivity contribution in [2.75, 3.05) is 13.7 Å². The average Bonchev–Trinajstić information content (AvgIpc) is 2.22. The SMILES string of the molecule is COCC(C)(C(=O)O)c1ccc(Cl)c(Cl)c1. The number of hydrogen-bond donors (Lipinski definition) is 1. The fourth-order valence-electron chi connectivity index (χ4n) is 1.40. The van der Waals surface area contributed by atoms with Crippen LogP contribution in [0.25, 0.3) is 0 Å². The van der Waals surface area contributed by atoms with E-state index in [2.05, 4.69) is 0 Å². The molecular weight excluding hydrogens is 251 g/mol. The molecule has 1 aromatic carbocycles. The van der Waals surface area contributed by atoms with Gasteiger partial charge in [0.15, 0.2) is 0 Å². The summed E-state index contributed by atoms with van der Waals surface area (Å²) in [5.41, 5.74) is -0.556. The molecule has 16 heavy (non-hydrogen) atoms. The van der Waals surface area contributed by atoms with Crippen LogP contribution in [-0.4, -0.2) is 24.8 Å². The van der Waals surface area contributed by atoms with Crippen LogP contribution < -0.4 is 0 Å². The highest BCUT2D eigenvalue weighted by Crippen LogP contribution is 2.30. The summed E-state index contributed by atoms with van der Waals surface area (Å²) < 4.78 is 4.94. The van der Waals surface area contributed by atoms with Crippen LogP contribution in [0.4, 0.5) is 0 Å². The predicted molar refractivity (Wildman–Crippen MR) is 63.3 cm³/mol. The molecule has 0 fully saturated rings. The van der Waals surface area contributed by atoms with E-state index in [0.717, 1.165) is 0 Å². The van der Waals surface area contributed by atoms with Gasteiger partial charge in [-0.15, -0.1) is 0 Å². The second kappa shape index (κ2) is 5.04. The lowest BCUT2D eigenvalue weighted by molar-refractivity contribution is -0.145. The summed E-state index contributed by atoms with van der Waals surface area (Å²) in [6, 6.07) is 4.77. The number of carbonyl (C=O) groups is 1. The highest BCUT2D eigenvalue weighted by atomic mass is 35.5. The molecule has 0 aromatic heterocycles. The quantitative estimate of drug-likeness (QED) is 0.908. The third-order valence-corrected chi connectivity index (χ3v) is 3.20. The molecular formula is C11H12Cl2O3. The lowest BCUT2D eigenvalue weighted by atomic mass is 9.83. The summed E-state index contributed by atoms with van der Waals surface area (Å²) in [6.07, 6.45) is 0. The van der Waals surface area contributed by atoms with Crippen LogP contribution in [0.5, 0.6) is 0 Å². The number of halogens is 2. The van der Waals surface area contributed by atoms with Crippen molar-refractivity contribution in [2.45, 2.75) is 12.3 Å². The molecule has 3 nitrogen and oxygen atoms in total. The van der Waals surface area contributed by atoms with Gasteiger partial charge >= 0.3 is 5.97 Å². The number of aliphatic carboxylic acids is 1. The highest BCUT2D eigenvalue weighted by Gasteiger charge is 2.35. The third kappa shape index (κ3) is 2.48. The van der Waals surface area contributed by atoms with Crippen LogP contribution in [0.1, 0.15) is 12.5 Å². The van der Waals surface area contributed by atoms with Gasteiger partial charge in [0, 0.05) is 7.11 Å². The number of hydrogen-bond acceptors (Lipinski definition) is 2. The van der Waals surface area contributed by atoms with E-state index < -0.39 is 11.4 Å². The molecule has 0 aliphatic heterocycles. The fraction of sp³-hybridized carbons (Fsp3) is 0.364. The van der Waals surface area contributed by atoms with Gasteiger partial charge in [-0.3, -0.25) is 4.79 Å². The van der Waals surface area contributed by atoms with Gasteiger partial charge in [-0.2, -0.15) is 0 Å². The molecule has 0 saturated heterocycles. The molecule has 1 atom stereocenters. The van der Waals surface area contributed by atoms with Crippen molar-refractivity contribution < 1.29 is 14.6 Å². The van der Waals surface area contributed by atoms with Gasteiger partial charge in [0.05, 0.1) is 16.7 Å². The molecule has 1 N–H and O–H groups in total. The summed E-state index contributed by atoms with van der Waals surface area (Å²) in [5, 5.41) is 9.96. The van der Waals surface area contributed by atoms with Crippen molar-refractivity contribution in [1.82, 2.24) is 0 Å². The van der Waals surface area contributed by atoms with Gasteiger partial charge in [0.1, 0.15) is 5.41 Å². The second-order valence-electron chi connectivity index (χ2n) is 3.70. The van der Waals surface area contributed by atoms with Gasteiger partial charge in [0.25, 0.3) is 0 Å². The van der Waals surface area contributed by atoms with Crippen LogP contribution in [0.15, 0.2) is 18.2 Å². The second-order valence-corrected chi connectivity index (χ2v) is 4.51. The first-order valence-corrected chi connectivity index (χ1v) is 5.35. The Bertz CT molecular complexity index is 406. The highest BCUT2D eigenvalue weighted by molar-refractivity contribution is 6.42. The van der Waals surface area contributed by atoms with E-state index in [-0.39, 0.29) is 6.61 Å². The summed E-state index contributed by atoms with van der Waals surface area (Å²) in [7, 11) is 1.46. The maximum atomic E-state index is 11.3. The molecule has 1 rings (SSSR count). The van der Waals surface area contributed by atoms with E-state index in [1.807, 2.05) is 0 Å². The van der Waals surface area contributed by atoms with Crippen molar-refractivity contribution >= 4 is 29.2 Å². The summed E-state index contributed by atoms with van der Waals surface area (Å²) in [5.74, 6) is -0.965. The Hall–Kier alpha value is -0.770. The zero-order valence-corrected chi connectivity index (χ0v) is 10.5. The Labute approximate surface area is 104 Å². The molecule has 0 heterocycles. The molecule has 1 aromatic rings. The normalized spacial score (nSPS) is 14.5. The van der Waals surface area contributed by atoms with Gasteiger partial charge in [-0.05, 0) is 24.6 Å². The van der Waals surface area contributed by atoms with Crippen LogP contribution in [-0.2, 0) is 14.9 Å². The Morgan fingerprint density at radius 1 is 1.44 bits per heavy atom. The van der Waals surface area contributed by atoms with Gasteiger partial charge in [-0.1, -0.05) is 29.3 Å². The zero-order chi connectivity index (χ0) is 12.3. The number of benzene rings is 1. The van der Waals surface area contributed by atoms with Crippen LogP contribution in [0.2, 0.25) is 10.0 Å². The molecule has 0 amide bonds. The molecule has 0 aliphatic carbocycles. The first kappa shape index (κ1) is 13.3. The van der Waals surface area contributed by atoms with Crippen molar-refractivity contribution in [1.29, 1.82) is 0 Å². The minimum Gasteiger partial charge on any atom is -0.481 e. The first-order valence-electron chi connectivity index (χ1n) is 4.59. The molecule has 88 valence electrons. The average molecular weight is 263 g/mol. The van der Waals surface area contributed by atoms with Crippen LogP contribution >= 0.6 is 23.2 Å². The smallest absolute Gasteiger partial charge is 0.316 e.